The van der Waals surface area contributed by atoms with E-state index in [1.165, 1.54) is 19.5 Å². The molecule has 0 bridgehead atoms. The smallest absolute Gasteiger partial charge is 0.0449 e. The van der Waals surface area contributed by atoms with Crippen LogP contribution in [-0.4, -0.2) is 0 Å². The van der Waals surface area contributed by atoms with Crippen LogP contribution in [-0.2, 0) is 6.42 Å². The van der Waals surface area contributed by atoms with E-state index in [1.54, 1.807) is 0 Å². The van der Waals surface area contributed by atoms with Crippen LogP contribution < -0.4 is 0 Å². The Balaban J connectivity index is 2.20. The summed E-state index contributed by atoms with van der Waals surface area (Å²) < 4.78 is 0. The second-order valence-electron chi connectivity index (χ2n) is 3.63. The molecular formula is C14H16S2. The van der Waals surface area contributed by atoms with Crippen molar-refractivity contribution in [1.29, 1.82) is 0 Å². The third-order valence-electron chi connectivity index (χ3n) is 2.40. The van der Waals surface area contributed by atoms with Crippen LogP contribution in [0.1, 0.15) is 30.0 Å². The predicted octanol–water partition coefficient (Wildman–Crippen LogP) is 5.46. The number of thiophene rings is 2. The van der Waals surface area contributed by atoms with E-state index in [-0.39, 0.29) is 0 Å². The average molecular weight is 248 g/mol. The molecule has 0 saturated carbocycles. The van der Waals surface area contributed by atoms with Crippen LogP contribution in [0.4, 0.5) is 0 Å². The summed E-state index contributed by atoms with van der Waals surface area (Å²) in [6.07, 6.45) is 6.66. The van der Waals surface area contributed by atoms with Crippen LogP contribution in [0.3, 0.4) is 0 Å². The van der Waals surface area contributed by atoms with E-state index in [1.807, 2.05) is 22.7 Å². The summed E-state index contributed by atoms with van der Waals surface area (Å²) in [5.74, 6) is 0. The van der Waals surface area contributed by atoms with Gasteiger partial charge in [-0.15, -0.1) is 22.7 Å². The zero-order chi connectivity index (χ0) is 11.4. The van der Waals surface area contributed by atoms with Gasteiger partial charge in [-0.05, 0) is 43.2 Å². The largest absolute Gasteiger partial charge is 0.139 e. The first-order chi connectivity index (χ1) is 7.83. The fourth-order valence-corrected chi connectivity index (χ4v) is 3.49. The Bertz CT molecular complexity index is 474. The molecule has 0 aliphatic heterocycles. The van der Waals surface area contributed by atoms with Crippen molar-refractivity contribution in [2.45, 2.75) is 26.7 Å². The van der Waals surface area contributed by atoms with Crippen molar-refractivity contribution in [2.75, 3.05) is 0 Å². The van der Waals surface area contributed by atoms with Gasteiger partial charge in [0.2, 0.25) is 0 Å². The van der Waals surface area contributed by atoms with E-state index < -0.39 is 0 Å². The molecule has 0 radical (unpaired) electrons. The highest BCUT2D eigenvalue weighted by Gasteiger charge is 2.04. The molecule has 0 saturated heterocycles. The first-order valence-corrected chi connectivity index (χ1v) is 7.32. The van der Waals surface area contributed by atoms with Crippen LogP contribution >= 0.6 is 22.7 Å². The van der Waals surface area contributed by atoms with Crippen LogP contribution in [0.2, 0.25) is 0 Å². The van der Waals surface area contributed by atoms with Crippen LogP contribution in [0, 0.1) is 0 Å². The first kappa shape index (κ1) is 11.6. The number of rotatable bonds is 4. The summed E-state index contributed by atoms with van der Waals surface area (Å²) in [4.78, 5) is 5.61. The van der Waals surface area contributed by atoms with Gasteiger partial charge in [-0.2, -0.15) is 0 Å². The summed E-state index contributed by atoms with van der Waals surface area (Å²) in [6, 6.07) is 8.91. The van der Waals surface area contributed by atoms with E-state index in [0.717, 1.165) is 12.8 Å². The molecule has 0 fully saturated rings. The second kappa shape index (κ2) is 5.46. The van der Waals surface area contributed by atoms with Gasteiger partial charge in [0.25, 0.3) is 0 Å². The van der Waals surface area contributed by atoms with Crippen molar-refractivity contribution in [3.63, 3.8) is 0 Å². The van der Waals surface area contributed by atoms with Gasteiger partial charge in [-0.25, -0.2) is 0 Å². The molecule has 0 spiro atoms. The van der Waals surface area contributed by atoms with Gasteiger partial charge >= 0.3 is 0 Å². The molecule has 16 heavy (non-hydrogen) atoms. The number of hydrogen-bond donors (Lipinski definition) is 0. The maximum absolute atomic E-state index is 2.24. The quantitative estimate of drug-likeness (QED) is 0.673. The van der Waals surface area contributed by atoms with Crippen molar-refractivity contribution in [3.8, 4) is 9.75 Å². The highest BCUT2D eigenvalue weighted by molar-refractivity contribution is 7.22. The zero-order valence-corrected chi connectivity index (χ0v) is 11.3. The molecule has 2 heterocycles. The summed E-state index contributed by atoms with van der Waals surface area (Å²) in [7, 11) is 0. The molecule has 0 atom stereocenters. The van der Waals surface area contributed by atoms with Gasteiger partial charge in [0.15, 0.2) is 0 Å². The summed E-state index contributed by atoms with van der Waals surface area (Å²) in [6.45, 7) is 4.37. The molecule has 0 aliphatic carbocycles. The fraction of sp³-hybridized carbons (Fsp3) is 0.286. The standard InChI is InChI=1S/C14H16S2/c1-3-5-6-12-8-10-14(16-12)13-9-7-11(4-2)15-13/h5-10H,3-4H2,1-2H3/b6-5+. The van der Waals surface area contributed by atoms with Gasteiger partial charge in [0, 0.05) is 19.5 Å². The lowest BCUT2D eigenvalue weighted by Gasteiger charge is -1.89. The van der Waals surface area contributed by atoms with E-state index in [4.69, 9.17) is 0 Å². The molecule has 2 heteroatoms. The highest BCUT2D eigenvalue weighted by Crippen LogP contribution is 2.34. The highest BCUT2D eigenvalue weighted by atomic mass is 32.1. The normalized spacial score (nSPS) is 11.4. The van der Waals surface area contributed by atoms with Crippen molar-refractivity contribution < 1.29 is 0 Å². The maximum atomic E-state index is 2.24. The van der Waals surface area contributed by atoms with Crippen molar-refractivity contribution in [1.82, 2.24) is 0 Å². The Hall–Kier alpha value is -0.860. The number of aryl methyl sites for hydroxylation is 1. The minimum absolute atomic E-state index is 1.10. The first-order valence-electron chi connectivity index (χ1n) is 5.69. The molecule has 0 amide bonds. The molecule has 2 aromatic rings. The SMILES string of the molecule is CC/C=C/c1ccc(-c2ccc(CC)s2)s1. The fourth-order valence-electron chi connectivity index (χ4n) is 1.51. The Morgan fingerprint density at radius 1 is 1.00 bits per heavy atom. The van der Waals surface area contributed by atoms with Crippen LogP contribution in [0.25, 0.3) is 15.8 Å². The van der Waals surface area contributed by atoms with Crippen molar-refractivity contribution in [3.05, 3.63) is 40.1 Å². The van der Waals surface area contributed by atoms with Gasteiger partial charge < -0.3 is 0 Å². The number of hydrogen-bond acceptors (Lipinski definition) is 2. The predicted molar refractivity (Wildman–Crippen MR) is 76.3 cm³/mol. The molecule has 2 rings (SSSR count). The summed E-state index contributed by atoms with van der Waals surface area (Å²) >= 11 is 3.78. The van der Waals surface area contributed by atoms with E-state index >= 15 is 0 Å². The molecule has 0 nitrogen and oxygen atoms in total. The average Bonchev–Trinajstić information content (AvgIpc) is 2.94. The Morgan fingerprint density at radius 2 is 1.75 bits per heavy atom. The van der Waals surface area contributed by atoms with E-state index in [9.17, 15) is 0 Å². The lowest BCUT2D eigenvalue weighted by molar-refractivity contribution is 1.19. The van der Waals surface area contributed by atoms with E-state index in [2.05, 4.69) is 50.3 Å². The number of allylic oxidation sites excluding steroid dienone is 1. The van der Waals surface area contributed by atoms with Crippen molar-refractivity contribution in [2.24, 2.45) is 0 Å². The molecular weight excluding hydrogens is 232 g/mol. The molecule has 0 unspecified atom stereocenters. The molecule has 2 aromatic heterocycles. The van der Waals surface area contributed by atoms with Crippen LogP contribution in [0.5, 0.6) is 0 Å². The summed E-state index contributed by atoms with van der Waals surface area (Å²) in [5, 5.41) is 0. The minimum atomic E-state index is 1.10. The van der Waals surface area contributed by atoms with Gasteiger partial charge in [0.1, 0.15) is 0 Å². The Labute approximate surface area is 105 Å². The monoisotopic (exact) mass is 248 g/mol. The topological polar surface area (TPSA) is 0 Å². The van der Waals surface area contributed by atoms with E-state index in [0.29, 0.717) is 0 Å². The zero-order valence-electron chi connectivity index (χ0n) is 9.69. The lowest BCUT2D eigenvalue weighted by atomic mass is 10.3. The maximum Gasteiger partial charge on any atom is 0.0449 e. The Kier molecular flexibility index (Phi) is 3.97. The minimum Gasteiger partial charge on any atom is -0.139 e. The third-order valence-corrected chi connectivity index (χ3v) is 4.87. The van der Waals surface area contributed by atoms with Crippen molar-refractivity contribution >= 4 is 28.7 Å². The second-order valence-corrected chi connectivity index (χ2v) is 5.92. The third kappa shape index (κ3) is 2.63. The molecule has 0 aromatic carbocycles. The molecule has 84 valence electrons. The van der Waals surface area contributed by atoms with Crippen LogP contribution in [0.15, 0.2) is 30.3 Å². The van der Waals surface area contributed by atoms with Gasteiger partial charge in [0.05, 0.1) is 0 Å². The summed E-state index contributed by atoms with van der Waals surface area (Å²) in [5.41, 5.74) is 0. The molecule has 0 aliphatic rings. The van der Waals surface area contributed by atoms with Gasteiger partial charge in [-0.3, -0.25) is 0 Å². The van der Waals surface area contributed by atoms with Gasteiger partial charge in [-0.1, -0.05) is 19.9 Å². The Morgan fingerprint density at radius 3 is 2.44 bits per heavy atom. The molecule has 0 N–H and O–H groups in total. The lowest BCUT2D eigenvalue weighted by Crippen LogP contribution is -1.63.